The minimum atomic E-state index is -0.255. The van der Waals surface area contributed by atoms with Gasteiger partial charge < -0.3 is 9.47 Å². The largest absolute Gasteiger partial charge is 0.496 e. The van der Waals surface area contributed by atoms with E-state index in [9.17, 15) is 4.79 Å². The molecule has 3 heteroatoms. The van der Waals surface area contributed by atoms with Gasteiger partial charge in [0.2, 0.25) is 0 Å². The van der Waals surface area contributed by atoms with Gasteiger partial charge in [-0.3, -0.25) is 4.79 Å². The van der Waals surface area contributed by atoms with Crippen molar-refractivity contribution < 1.29 is 14.3 Å². The molecule has 0 amide bonds. The number of benzene rings is 1. The first-order chi connectivity index (χ1) is 8.06. The molecule has 0 bridgehead atoms. The molecule has 0 fully saturated rings. The molecule has 1 aromatic rings. The molecule has 0 N–H and O–H groups in total. The Bertz CT molecular complexity index is 410. The maximum absolute atomic E-state index is 11.7. The van der Waals surface area contributed by atoms with Crippen LogP contribution in [0.4, 0.5) is 0 Å². The summed E-state index contributed by atoms with van der Waals surface area (Å²) in [4.78, 5) is 11.7. The number of aryl methyl sites for hydroxylation is 1. The smallest absolute Gasteiger partial charge is 0.313 e. The average Bonchev–Trinajstić information content (AvgIpc) is 2.34. The number of esters is 1. The second-order valence-corrected chi connectivity index (χ2v) is 4.11. The molecule has 0 saturated heterocycles. The molecule has 0 radical (unpaired) electrons. The van der Waals surface area contributed by atoms with Crippen LogP contribution in [-0.4, -0.2) is 20.2 Å². The molecule has 1 aromatic carbocycles. The van der Waals surface area contributed by atoms with E-state index in [1.165, 1.54) is 7.11 Å². The fourth-order valence-corrected chi connectivity index (χ4v) is 2.01. The quantitative estimate of drug-likeness (QED) is 0.754. The monoisotopic (exact) mass is 236 g/mol. The van der Waals surface area contributed by atoms with Crippen LogP contribution in [0.2, 0.25) is 0 Å². The van der Waals surface area contributed by atoms with Gasteiger partial charge in [-0.1, -0.05) is 19.1 Å². The minimum Gasteiger partial charge on any atom is -0.496 e. The summed E-state index contributed by atoms with van der Waals surface area (Å²) in [5.41, 5.74) is 3.14. The number of hydrogen-bond donors (Lipinski definition) is 0. The van der Waals surface area contributed by atoms with Crippen LogP contribution in [0, 0.1) is 13.8 Å². The van der Waals surface area contributed by atoms with E-state index in [0.29, 0.717) is 6.42 Å². The lowest BCUT2D eigenvalue weighted by atomic mass is 9.92. The van der Waals surface area contributed by atoms with Crippen LogP contribution in [0.5, 0.6) is 5.75 Å². The van der Waals surface area contributed by atoms with Gasteiger partial charge in [-0.2, -0.15) is 0 Å². The van der Waals surface area contributed by atoms with Crippen LogP contribution in [0.3, 0.4) is 0 Å². The van der Waals surface area contributed by atoms with E-state index < -0.39 is 0 Å². The summed E-state index contributed by atoms with van der Waals surface area (Å²) < 4.78 is 10.3. The van der Waals surface area contributed by atoms with Gasteiger partial charge in [0.05, 0.1) is 20.1 Å². The topological polar surface area (TPSA) is 35.5 Å². The molecule has 1 rings (SSSR count). The van der Waals surface area contributed by atoms with Crippen molar-refractivity contribution in [2.24, 2.45) is 0 Å². The molecule has 0 spiro atoms. The van der Waals surface area contributed by atoms with Gasteiger partial charge >= 0.3 is 5.97 Å². The Morgan fingerprint density at radius 3 is 2.41 bits per heavy atom. The molecule has 1 unspecified atom stereocenters. The van der Waals surface area contributed by atoms with E-state index in [4.69, 9.17) is 9.47 Å². The van der Waals surface area contributed by atoms with Crippen LogP contribution in [0.1, 0.15) is 36.0 Å². The molecule has 0 aliphatic carbocycles. The second-order valence-electron chi connectivity index (χ2n) is 4.11. The third-order valence-corrected chi connectivity index (χ3v) is 3.18. The van der Waals surface area contributed by atoms with Crippen molar-refractivity contribution in [2.45, 2.75) is 33.1 Å². The number of ether oxygens (including phenoxy) is 2. The maximum atomic E-state index is 11.7. The average molecular weight is 236 g/mol. The number of carbonyl (C=O) groups excluding carboxylic acids is 1. The van der Waals surface area contributed by atoms with E-state index in [2.05, 4.69) is 0 Å². The fourth-order valence-electron chi connectivity index (χ4n) is 2.01. The van der Waals surface area contributed by atoms with Crippen molar-refractivity contribution in [3.05, 3.63) is 28.8 Å². The molecular weight excluding hydrogens is 216 g/mol. The molecule has 17 heavy (non-hydrogen) atoms. The molecule has 0 saturated carbocycles. The molecule has 0 aliphatic heterocycles. The zero-order valence-corrected chi connectivity index (χ0v) is 11.2. The molecule has 0 heterocycles. The lowest BCUT2D eigenvalue weighted by Gasteiger charge is -2.19. The predicted molar refractivity (Wildman–Crippen MR) is 67.5 cm³/mol. The normalized spacial score (nSPS) is 12.1. The molecule has 3 nitrogen and oxygen atoms in total. The highest BCUT2D eigenvalue weighted by atomic mass is 16.5. The van der Waals surface area contributed by atoms with Crippen molar-refractivity contribution in [3.8, 4) is 5.75 Å². The molecule has 0 aromatic heterocycles. The van der Waals surface area contributed by atoms with Crippen molar-refractivity contribution >= 4 is 5.97 Å². The summed E-state index contributed by atoms with van der Waals surface area (Å²) >= 11 is 0. The van der Waals surface area contributed by atoms with E-state index in [1.54, 1.807) is 7.11 Å². The van der Waals surface area contributed by atoms with Gasteiger partial charge in [0, 0.05) is 5.56 Å². The Morgan fingerprint density at radius 1 is 1.29 bits per heavy atom. The summed E-state index contributed by atoms with van der Waals surface area (Å²) in [6, 6.07) is 3.96. The fraction of sp³-hybridized carbons (Fsp3) is 0.500. The number of rotatable bonds is 4. The summed E-state index contributed by atoms with van der Waals surface area (Å²) in [5, 5.41) is 0. The summed E-state index contributed by atoms with van der Waals surface area (Å²) in [6.45, 7) is 6.00. The van der Waals surface area contributed by atoms with E-state index in [0.717, 1.165) is 22.4 Å². The number of carbonyl (C=O) groups is 1. The lowest BCUT2D eigenvalue weighted by molar-refractivity contribution is -0.142. The van der Waals surface area contributed by atoms with E-state index in [1.807, 2.05) is 32.9 Å². The lowest BCUT2D eigenvalue weighted by Crippen LogP contribution is -2.15. The first-order valence-electron chi connectivity index (χ1n) is 5.78. The Balaban J connectivity index is 3.29. The SMILES string of the molecule is CCC(C(=O)OC)c1ccc(C)c(C)c1OC. The van der Waals surface area contributed by atoms with Crippen molar-refractivity contribution in [3.63, 3.8) is 0 Å². The van der Waals surface area contributed by atoms with Crippen molar-refractivity contribution in [2.75, 3.05) is 14.2 Å². The Kier molecular flexibility index (Phi) is 4.55. The zero-order valence-electron chi connectivity index (χ0n) is 11.2. The van der Waals surface area contributed by atoms with Crippen LogP contribution >= 0.6 is 0 Å². The van der Waals surface area contributed by atoms with Crippen LogP contribution in [0.25, 0.3) is 0 Å². The van der Waals surface area contributed by atoms with Gasteiger partial charge in [0.1, 0.15) is 5.75 Å². The highest BCUT2D eigenvalue weighted by Crippen LogP contribution is 2.34. The maximum Gasteiger partial charge on any atom is 0.313 e. The molecule has 0 aliphatic rings. The first kappa shape index (κ1) is 13.6. The highest BCUT2D eigenvalue weighted by molar-refractivity contribution is 5.79. The predicted octanol–water partition coefficient (Wildman–Crippen LogP) is 2.98. The third kappa shape index (κ3) is 2.60. The Labute approximate surface area is 103 Å². The van der Waals surface area contributed by atoms with Crippen molar-refractivity contribution in [1.29, 1.82) is 0 Å². The minimum absolute atomic E-state index is 0.214. The highest BCUT2D eigenvalue weighted by Gasteiger charge is 2.24. The summed E-state index contributed by atoms with van der Waals surface area (Å²) in [5.74, 6) is 0.325. The van der Waals surface area contributed by atoms with Gasteiger partial charge in [0.25, 0.3) is 0 Å². The molecule has 1 atom stereocenters. The van der Waals surface area contributed by atoms with Crippen molar-refractivity contribution in [1.82, 2.24) is 0 Å². The van der Waals surface area contributed by atoms with Crippen LogP contribution in [0.15, 0.2) is 12.1 Å². The molecule has 94 valence electrons. The first-order valence-corrected chi connectivity index (χ1v) is 5.78. The second kappa shape index (κ2) is 5.71. The summed E-state index contributed by atoms with van der Waals surface area (Å²) in [6.07, 6.45) is 0.700. The Morgan fingerprint density at radius 2 is 1.94 bits per heavy atom. The van der Waals surface area contributed by atoms with Gasteiger partial charge in [-0.05, 0) is 31.4 Å². The molecular formula is C14H20O3. The van der Waals surface area contributed by atoms with Crippen LogP contribution in [-0.2, 0) is 9.53 Å². The zero-order chi connectivity index (χ0) is 13.0. The Hall–Kier alpha value is -1.51. The third-order valence-electron chi connectivity index (χ3n) is 3.18. The number of hydrogen-bond acceptors (Lipinski definition) is 3. The van der Waals surface area contributed by atoms with Gasteiger partial charge in [0.15, 0.2) is 0 Å². The van der Waals surface area contributed by atoms with Gasteiger partial charge in [-0.25, -0.2) is 0 Å². The van der Waals surface area contributed by atoms with E-state index >= 15 is 0 Å². The summed E-state index contributed by atoms with van der Waals surface area (Å²) in [7, 11) is 3.05. The van der Waals surface area contributed by atoms with E-state index in [-0.39, 0.29) is 11.9 Å². The van der Waals surface area contributed by atoms with Crippen LogP contribution < -0.4 is 4.74 Å². The van der Waals surface area contributed by atoms with Gasteiger partial charge in [-0.15, -0.1) is 0 Å². The number of methoxy groups -OCH3 is 2. The standard InChI is InChI=1S/C14H20O3/c1-6-11(14(15)17-5)12-8-7-9(2)10(3)13(12)16-4/h7-8,11H,6H2,1-5H3.